The van der Waals surface area contributed by atoms with Gasteiger partial charge in [0.1, 0.15) is 5.75 Å². The Morgan fingerprint density at radius 2 is 1.48 bits per heavy atom. The number of carbonyl (C=O) groups excluding carboxylic acids is 1. The van der Waals surface area contributed by atoms with E-state index in [4.69, 9.17) is 24.5 Å². The number of carboxylic acids is 2. The van der Waals surface area contributed by atoms with Gasteiger partial charge in [0.15, 0.2) is 6.61 Å². The van der Waals surface area contributed by atoms with Crippen LogP contribution in [0.15, 0.2) is 48.5 Å². The second-order valence-electron chi connectivity index (χ2n) is 7.36. The summed E-state index contributed by atoms with van der Waals surface area (Å²) in [5.74, 6) is -2.84. The van der Waals surface area contributed by atoms with Gasteiger partial charge in [-0.2, -0.15) is 0 Å². The van der Waals surface area contributed by atoms with Crippen LogP contribution >= 0.6 is 0 Å². The molecule has 2 N–H and O–H groups in total. The average Bonchev–Trinajstić information content (AvgIpc) is 2.74. The summed E-state index contributed by atoms with van der Waals surface area (Å²) in [7, 11) is 0. The molecule has 0 bridgehead atoms. The highest BCUT2D eigenvalue weighted by Gasteiger charge is 2.21. The van der Waals surface area contributed by atoms with Gasteiger partial charge >= 0.3 is 11.9 Å². The van der Waals surface area contributed by atoms with Crippen molar-refractivity contribution in [3.05, 3.63) is 65.2 Å². The first-order chi connectivity index (χ1) is 14.7. The maximum Gasteiger partial charge on any atom is 0.414 e. The van der Waals surface area contributed by atoms with E-state index >= 15 is 0 Å². The largest absolute Gasteiger partial charge is 0.484 e. The van der Waals surface area contributed by atoms with Crippen molar-refractivity contribution < 1.29 is 29.3 Å². The normalized spacial score (nSPS) is 13.7. The van der Waals surface area contributed by atoms with Crippen LogP contribution in [0.4, 0.5) is 0 Å². The molecule has 1 aliphatic heterocycles. The zero-order chi connectivity index (χ0) is 22.8. The topological polar surface area (TPSA) is 107 Å². The molecule has 0 atom stereocenters. The molecule has 8 heteroatoms. The van der Waals surface area contributed by atoms with Gasteiger partial charge in [0.2, 0.25) is 0 Å². The van der Waals surface area contributed by atoms with E-state index in [1.807, 2.05) is 36.1 Å². The summed E-state index contributed by atoms with van der Waals surface area (Å²) in [5.41, 5.74) is 3.81. The summed E-state index contributed by atoms with van der Waals surface area (Å²) in [4.78, 5) is 34.8. The number of nitrogens with zero attached hydrogens (tertiary/aromatic N) is 2. The van der Waals surface area contributed by atoms with Crippen molar-refractivity contribution in [2.75, 3.05) is 32.8 Å². The number of amides is 1. The van der Waals surface area contributed by atoms with Gasteiger partial charge in [-0.05, 0) is 31.5 Å². The van der Waals surface area contributed by atoms with Gasteiger partial charge in [-0.25, -0.2) is 9.59 Å². The van der Waals surface area contributed by atoms with Crippen molar-refractivity contribution in [1.29, 1.82) is 0 Å². The van der Waals surface area contributed by atoms with Crippen LogP contribution in [0.25, 0.3) is 0 Å². The predicted molar refractivity (Wildman–Crippen MR) is 115 cm³/mol. The van der Waals surface area contributed by atoms with Gasteiger partial charge in [0.25, 0.3) is 5.91 Å². The van der Waals surface area contributed by atoms with Crippen LogP contribution in [0, 0.1) is 13.8 Å². The Hall–Kier alpha value is -3.39. The van der Waals surface area contributed by atoms with E-state index in [1.54, 1.807) is 0 Å². The van der Waals surface area contributed by atoms with Crippen molar-refractivity contribution >= 4 is 17.8 Å². The maximum absolute atomic E-state index is 12.3. The summed E-state index contributed by atoms with van der Waals surface area (Å²) in [6.45, 7) is 8.56. The Kier molecular flexibility index (Phi) is 9.02. The summed E-state index contributed by atoms with van der Waals surface area (Å²) in [6, 6.07) is 16.4. The minimum absolute atomic E-state index is 0.0655. The lowest BCUT2D eigenvalue weighted by Crippen LogP contribution is -2.49. The zero-order valence-electron chi connectivity index (χ0n) is 17.8. The zero-order valence-corrected chi connectivity index (χ0v) is 17.8. The second kappa shape index (κ2) is 11.7. The molecule has 8 nitrogen and oxygen atoms in total. The number of hydrogen-bond acceptors (Lipinski definition) is 5. The van der Waals surface area contributed by atoms with Gasteiger partial charge in [-0.1, -0.05) is 47.5 Å². The number of carboxylic acid groups (broad SMARTS) is 2. The third-order valence-electron chi connectivity index (χ3n) is 4.78. The van der Waals surface area contributed by atoms with Crippen LogP contribution < -0.4 is 4.74 Å². The van der Waals surface area contributed by atoms with Crippen LogP contribution in [0.1, 0.15) is 16.7 Å². The molecule has 0 aliphatic carbocycles. The molecule has 2 aromatic carbocycles. The molecule has 0 aromatic heterocycles. The van der Waals surface area contributed by atoms with E-state index in [0.29, 0.717) is 0 Å². The third-order valence-corrected chi connectivity index (χ3v) is 4.78. The average molecular weight is 428 g/mol. The van der Waals surface area contributed by atoms with E-state index in [2.05, 4.69) is 36.1 Å². The first-order valence-electron chi connectivity index (χ1n) is 9.96. The number of piperazine rings is 1. The van der Waals surface area contributed by atoms with Crippen molar-refractivity contribution in [3.8, 4) is 5.75 Å². The molecule has 1 saturated heterocycles. The van der Waals surface area contributed by atoms with Crippen LogP contribution in [0.5, 0.6) is 5.75 Å². The van der Waals surface area contributed by atoms with Crippen molar-refractivity contribution in [3.63, 3.8) is 0 Å². The van der Waals surface area contributed by atoms with Crippen LogP contribution in [-0.2, 0) is 20.9 Å². The Morgan fingerprint density at radius 3 is 2.03 bits per heavy atom. The smallest absolute Gasteiger partial charge is 0.414 e. The highest BCUT2D eigenvalue weighted by Crippen LogP contribution is 2.13. The fourth-order valence-corrected chi connectivity index (χ4v) is 3.09. The summed E-state index contributed by atoms with van der Waals surface area (Å²) in [6.07, 6.45) is 0. The summed E-state index contributed by atoms with van der Waals surface area (Å²) < 4.78 is 5.61. The molecule has 1 aliphatic rings. The molecular formula is C23H28N2O6. The van der Waals surface area contributed by atoms with Crippen LogP contribution in [0.3, 0.4) is 0 Å². The number of rotatable bonds is 5. The van der Waals surface area contributed by atoms with E-state index < -0.39 is 11.9 Å². The van der Waals surface area contributed by atoms with Crippen LogP contribution in [0.2, 0.25) is 0 Å². The fourth-order valence-electron chi connectivity index (χ4n) is 3.09. The van der Waals surface area contributed by atoms with Crippen molar-refractivity contribution in [2.45, 2.75) is 20.4 Å². The van der Waals surface area contributed by atoms with Crippen molar-refractivity contribution in [1.82, 2.24) is 9.80 Å². The quantitative estimate of drug-likeness (QED) is 0.703. The monoisotopic (exact) mass is 428 g/mol. The molecule has 2 aromatic rings. The molecule has 3 rings (SSSR count). The van der Waals surface area contributed by atoms with Crippen molar-refractivity contribution in [2.24, 2.45) is 0 Å². The predicted octanol–water partition coefficient (Wildman–Crippen LogP) is 2.18. The second-order valence-corrected chi connectivity index (χ2v) is 7.36. The Balaban J connectivity index is 0.000000501. The molecule has 0 spiro atoms. The minimum atomic E-state index is -1.82. The number of aliphatic carboxylic acids is 2. The molecule has 1 fully saturated rings. The van der Waals surface area contributed by atoms with Gasteiger partial charge in [0.05, 0.1) is 0 Å². The molecule has 1 heterocycles. The Morgan fingerprint density at radius 1 is 0.871 bits per heavy atom. The lowest BCUT2D eigenvalue weighted by atomic mass is 10.1. The van der Waals surface area contributed by atoms with Gasteiger partial charge in [0, 0.05) is 32.7 Å². The molecule has 166 valence electrons. The number of benzene rings is 2. The van der Waals surface area contributed by atoms with E-state index in [1.165, 1.54) is 16.7 Å². The first kappa shape index (κ1) is 23.9. The molecule has 0 unspecified atom stereocenters. The lowest BCUT2D eigenvalue weighted by Gasteiger charge is -2.34. The number of hydrogen-bond donors (Lipinski definition) is 2. The standard InChI is InChI=1S/C21H26N2O2.C2H2O4/c1-17-6-8-20(9-7-17)25-16-21(24)23-12-10-22(11-13-23)15-19-5-3-4-18(2)14-19;3-1(4)2(5)6/h3-9,14H,10-13,15-16H2,1-2H3;(H,3,4)(H,5,6). The maximum atomic E-state index is 12.3. The Bertz CT molecular complexity index is 877. The van der Waals surface area contributed by atoms with Gasteiger partial charge in [-0.15, -0.1) is 0 Å². The highest BCUT2D eigenvalue weighted by atomic mass is 16.5. The SMILES string of the molecule is Cc1ccc(OCC(=O)N2CCN(Cc3cccc(C)c3)CC2)cc1.O=C(O)C(=O)O. The van der Waals surface area contributed by atoms with Gasteiger partial charge < -0.3 is 19.8 Å². The van der Waals surface area contributed by atoms with Crippen LogP contribution in [-0.4, -0.2) is 70.6 Å². The Labute approximate surface area is 181 Å². The number of aryl methyl sites for hydroxylation is 2. The molecular weight excluding hydrogens is 400 g/mol. The first-order valence-corrected chi connectivity index (χ1v) is 9.96. The number of ether oxygens (including phenoxy) is 1. The molecule has 0 saturated carbocycles. The fraction of sp³-hybridized carbons (Fsp3) is 0.348. The molecule has 1 amide bonds. The molecule has 0 radical (unpaired) electrons. The van der Waals surface area contributed by atoms with E-state index in [0.717, 1.165) is 38.5 Å². The highest BCUT2D eigenvalue weighted by molar-refractivity contribution is 6.27. The lowest BCUT2D eigenvalue weighted by molar-refractivity contribution is -0.159. The number of carbonyl (C=O) groups is 3. The van der Waals surface area contributed by atoms with Gasteiger partial charge in [-0.3, -0.25) is 9.69 Å². The molecule has 31 heavy (non-hydrogen) atoms. The third kappa shape index (κ3) is 8.47. The summed E-state index contributed by atoms with van der Waals surface area (Å²) in [5, 5.41) is 14.8. The summed E-state index contributed by atoms with van der Waals surface area (Å²) >= 11 is 0. The minimum Gasteiger partial charge on any atom is -0.484 e. The van der Waals surface area contributed by atoms with E-state index in [-0.39, 0.29) is 12.5 Å². The van der Waals surface area contributed by atoms with E-state index in [9.17, 15) is 4.79 Å².